The third kappa shape index (κ3) is 5.21. The molecular formula is C17H33N3O2. The molecule has 128 valence electrons. The molecule has 5 heteroatoms. The van der Waals surface area contributed by atoms with Gasteiger partial charge in [0.1, 0.15) is 0 Å². The lowest BCUT2D eigenvalue weighted by Gasteiger charge is -2.34. The molecule has 0 radical (unpaired) electrons. The van der Waals surface area contributed by atoms with Crippen molar-refractivity contribution in [3.8, 4) is 0 Å². The fourth-order valence-electron chi connectivity index (χ4n) is 3.61. The van der Waals surface area contributed by atoms with Gasteiger partial charge in [0.15, 0.2) is 0 Å². The van der Waals surface area contributed by atoms with Crippen molar-refractivity contribution in [3.63, 3.8) is 0 Å². The van der Waals surface area contributed by atoms with Crippen LogP contribution in [0, 0.1) is 5.92 Å². The number of aliphatic hydroxyl groups is 1. The Balaban J connectivity index is 1.68. The van der Waals surface area contributed by atoms with Gasteiger partial charge in [-0.3, -0.25) is 9.69 Å². The van der Waals surface area contributed by atoms with Crippen LogP contribution in [0.15, 0.2) is 0 Å². The van der Waals surface area contributed by atoms with Crippen LogP contribution in [0.2, 0.25) is 0 Å². The first-order valence-corrected chi connectivity index (χ1v) is 9.02. The number of amides is 1. The van der Waals surface area contributed by atoms with Crippen molar-refractivity contribution in [1.29, 1.82) is 0 Å². The number of hydrogen-bond acceptors (Lipinski definition) is 4. The smallest absolute Gasteiger partial charge is 0.237 e. The largest absolute Gasteiger partial charge is 0.390 e. The van der Waals surface area contributed by atoms with Crippen LogP contribution in [0.5, 0.6) is 0 Å². The van der Waals surface area contributed by atoms with E-state index in [2.05, 4.69) is 29.0 Å². The molecule has 0 saturated carbocycles. The molecule has 0 aromatic rings. The molecule has 2 N–H and O–H groups in total. The maximum absolute atomic E-state index is 12.3. The summed E-state index contributed by atoms with van der Waals surface area (Å²) in [7, 11) is 0. The van der Waals surface area contributed by atoms with E-state index in [1.165, 1.54) is 19.3 Å². The number of likely N-dealkylation sites (tertiary alicyclic amines) is 2. The molecule has 2 fully saturated rings. The topological polar surface area (TPSA) is 55.8 Å². The number of carbonyl (C=O) groups is 1. The number of nitrogens with zero attached hydrogens (tertiary/aromatic N) is 2. The number of carbonyl (C=O) groups excluding carboxylic acids is 1. The Hall–Kier alpha value is -0.650. The van der Waals surface area contributed by atoms with Crippen LogP contribution in [-0.2, 0) is 4.79 Å². The highest BCUT2D eigenvalue weighted by Crippen LogP contribution is 2.17. The Morgan fingerprint density at radius 3 is 2.64 bits per heavy atom. The quantitative estimate of drug-likeness (QED) is 0.770. The Kier molecular flexibility index (Phi) is 7.12. The number of rotatable bonds is 6. The van der Waals surface area contributed by atoms with Gasteiger partial charge in [0.2, 0.25) is 5.91 Å². The van der Waals surface area contributed by atoms with E-state index in [4.69, 9.17) is 0 Å². The molecule has 5 nitrogen and oxygen atoms in total. The third-order valence-electron chi connectivity index (χ3n) is 5.18. The van der Waals surface area contributed by atoms with E-state index in [-0.39, 0.29) is 11.9 Å². The summed E-state index contributed by atoms with van der Waals surface area (Å²) in [5.74, 6) is 0.896. The number of aliphatic hydroxyl groups excluding tert-OH is 1. The summed E-state index contributed by atoms with van der Waals surface area (Å²) in [5.41, 5.74) is 0. The molecule has 2 saturated heterocycles. The van der Waals surface area contributed by atoms with Gasteiger partial charge in [-0.1, -0.05) is 20.3 Å². The minimum Gasteiger partial charge on any atom is -0.390 e. The molecule has 2 aliphatic rings. The number of β-amino-alcohol motifs (C(OH)–C–C–N with tert-alkyl or cyclic N) is 1. The fraction of sp³-hybridized carbons (Fsp3) is 0.941. The van der Waals surface area contributed by atoms with Gasteiger partial charge in [-0.15, -0.1) is 0 Å². The SMILES string of the molecule is CCN1CCCC[C@@H]1C(=O)NC[C@@H](O)CN1CCC(C)CC1. The molecule has 0 aromatic heterocycles. The average molecular weight is 311 g/mol. The first kappa shape index (κ1) is 17.7. The molecule has 22 heavy (non-hydrogen) atoms. The Bertz CT molecular complexity index is 343. The molecule has 0 spiro atoms. The average Bonchev–Trinajstić information content (AvgIpc) is 2.54. The zero-order valence-electron chi connectivity index (χ0n) is 14.3. The molecule has 0 bridgehead atoms. The van der Waals surface area contributed by atoms with Crippen LogP contribution in [-0.4, -0.2) is 72.2 Å². The van der Waals surface area contributed by atoms with Crippen molar-refractivity contribution in [3.05, 3.63) is 0 Å². The highest BCUT2D eigenvalue weighted by Gasteiger charge is 2.27. The van der Waals surface area contributed by atoms with Crippen LogP contribution >= 0.6 is 0 Å². The Morgan fingerprint density at radius 2 is 1.95 bits per heavy atom. The van der Waals surface area contributed by atoms with Crippen molar-refractivity contribution in [2.75, 3.05) is 39.3 Å². The normalized spacial score (nSPS) is 26.8. The highest BCUT2D eigenvalue weighted by atomic mass is 16.3. The standard InChI is InChI=1S/C17H33N3O2/c1-3-20-9-5-4-6-16(20)17(22)18-12-15(21)13-19-10-7-14(2)8-11-19/h14-16,21H,3-13H2,1-2H3,(H,18,22)/t15-,16-/m1/s1. The van der Waals surface area contributed by atoms with Gasteiger partial charge < -0.3 is 15.3 Å². The molecule has 2 aliphatic heterocycles. The predicted octanol–water partition coefficient (Wildman–Crippen LogP) is 1.07. The summed E-state index contributed by atoms with van der Waals surface area (Å²) in [6.07, 6.45) is 5.23. The fourth-order valence-corrected chi connectivity index (χ4v) is 3.61. The summed E-state index contributed by atoms with van der Waals surface area (Å²) < 4.78 is 0. The van der Waals surface area contributed by atoms with Crippen molar-refractivity contribution in [2.24, 2.45) is 5.92 Å². The number of piperidine rings is 2. The van der Waals surface area contributed by atoms with Gasteiger partial charge in [0.25, 0.3) is 0 Å². The Labute approximate surface area is 135 Å². The van der Waals surface area contributed by atoms with E-state index in [1.807, 2.05) is 0 Å². The maximum atomic E-state index is 12.3. The molecule has 0 aliphatic carbocycles. The van der Waals surface area contributed by atoms with Crippen LogP contribution in [0.3, 0.4) is 0 Å². The zero-order valence-corrected chi connectivity index (χ0v) is 14.3. The van der Waals surface area contributed by atoms with Crippen LogP contribution in [0.4, 0.5) is 0 Å². The maximum Gasteiger partial charge on any atom is 0.237 e. The third-order valence-corrected chi connectivity index (χ3v) is 5.18. The van der Waals surface area contributed by atoms with Gasteiger partial charge >= 0.3 is 0 Å². The molecule has 2 rings (SSSR count). The first-order chi connectivity index (χ1) is 10.6. The van der Waals surface area contributed by atoms with Crippen LogP contribution in [0.1, 0.15) is 46.0 Å². The van der Waals surface area contributed by atoms with Crippen molar-refractivity contribution in [1.82, 2.24) is 15.1 Å². The summed E-state index contributed by atoms with van der Waals surface area (Å²) >= 11 is 0. The molecule has 2 atom stereocenters. The minimum absolute atomic E-state index is 0.00165. The predicted molar refractivity (Wildman–Crippen MR) is 88.7 cm³/mol. The van der Waals surface area contributed by atoms with Gasteiger partial charge in [0, 0.05) is 13.1 Å². The zero-order chi connectivity index (χ0) is 15.9. The second kappa shape index (κ2) is 8.85. The lowest BCUT2D eigenvalue weighted by atomic mass is 9.99. The molecular weight excluding hydrogens is 278 g/mol. The summed E-state index contributed by atoms with van der Waals surface area (Å²) in [6, 6.07) is 0.00165. The van der Waals surface area contributed by atoms with Crippen molar-refractivity contribution < 1.29 is 9.90 Å². The van der Waals surface area contributed by atoms with Gasteiger partial charge in [0.05, 0.1) is 12.1 Å². The summed E-state index contributed by atoms with van der Waals surface area (Å²) in [5, 5.41) is 13.1. The van der Waals surface area contributed by atoms with Crippen LogP contribution in [0.25, 0.3) is 0 Å². The van der Waals surface area contributed by atoms with E-state index in [9.17, 15) is 9.90 Å². The van der Waals surface area contributed by atoms with Crippen molar-refractivity contribution in [2.45, 2.75) is 58.1 Å². The number of nitrogens with one attached hydrogen (secondary N) is 1. The number of likely N-dealkylation sites (N-methyl/N-ethyl adjacent to an activating group) is 1. The highest BCUT2D eigenvalue weighted by molar-refractivity contribution is 5.81. The van der Waals surface area contributed by atoms with Crippen molar-refractivity contribution >= 4 is 5.91 Å². The molecule has 1 amide bonds. The second-order valence-electron chi connectivity index (χ2n) is 7.02. The summed E-state index contributed by atoms with van der Waals surface area (Å²) in [6.45, 7) is 9.52. The van der Waals surface area contributed by atoms with E-state index < -0.39 is 6.10 Å². The van der Waals surface area contributed by atoms with Crippen LogP contribution < -0.4 is 5.32 Å². The number of hydrogen-bond donors (Lipinski definition) is 2. The molecule has 0 unspecified atom stereocenters. The van der Waals surface area contributed by atoms with E-state index in [0.29, 0.717) is 13.1 Å². The molecule has 0 aromatic carbocycles. The lowest BCUT2D eigenvalue weighted by molar-refractivity contribution is -0.128. The van der Waals surface area contributed by atoms with Gasteiger partial charge in [-0.25, -0.2) is 0 Å². The van der Waals surface area contributed by atoms with Gasteiger partial charge in [-0.05, 0) is 57.8 Å². The van der Waals surface area contributed by atoms with E-state index >= 15 is 0 Å². The second-order valence-corrected chi connectivity index (χ2v) is 7.02. The summed E-state index contributed by atoms with van der Waals surface area (Å²) in [4.78, 5) is 16.9. The first-order valence-electron chi connectivity index (χ1n) is 9.02. The lowest BCUT2D eigenvalue weighted by Crippen LogP contribution is -2.51. The van der Waals surface area contributed by atoms with Gasteiger partial charge in [-0.2, -0.15) is 0 Å². The van der Waals surface area contributed by atoms with E-state index in [0.717, 1.165) is 44.9 Å². The monoisotopic (exact) mass is 311 g/mol. The Morgan fingerprint density at radius 1 is 1.23 bits per heavy atom. The van der Waals surface area contributed by atoms with E-state index in [1.54, 1.807) is 0 Å². The minimum atomic E-state index is -0.462. The molecule has 2 heterocycles.